The molecule has 0 saturated heterocycles. The van der Waals surface area contributed by atoms with E-state index in [9.17, 15) is 43.2 Å². The molecule has 19 heteroatoms. The number of hydrogen-bond acceptors (Lipinski definition) is 15. The van der Waals surface area contributed by atoms with Gasteiger partial charge in [0, 0.05) is 25.7 Å². The highest BCUT2D eigenvalue weighted by atomic mass is 31.2. The molecule has 0 aromatic carbocycles. The quantitative estimate of drug-likeness (QED) is 0.0222. The van der Waals surface area contributed by atoms with Crippen molar-refractivity contribution in [1.29, 1.82) is 0 Å². The van der Waals surface area contributed by atoms with Crippen LogP contribution in [0.4, 0.5) is 0 Å². The Bertz CT molecular complexity index is 1610. The molecule has 0 aliphatic carbocycles. The second-order valence-electron chi connectivity index (χ2n) is 23.8. The molecular formula is C61H118O17P2. The van der Waals surface area contributed by atoms with E-state index in [4.69, 9.17) is 37.0 Å². The van der Waals surface area contributed by atoms with Crippen molar-refractivity contribution < 1.29 is 80.2 Å². The number of ether oxygens (including phenoxy) is 4. The van der Waals surface area contributed by atoms with E-state index < -0.39 is 97.5 Å². The highest BCUT2D eigenvalue weighted by Crippen LogP contribution is 2.45. The standard InChI is InChI=1S/C61H118O17P2/c1-9-54(8)40-32-24-17-20-28-36-44-61(66)78-57(48-72-59(64)42-34-26-19-16-23-31-39-53(6)7)50-76-80(69,70)74-46-55(62)45-73-79(67,68)75-49-56(47-71-58(63)41-33-25-18-15-22-30-38-52(4)5)77-60(65)43-35-27-14-12-10-11-13-21-29-37-51(2)3/h51-57,62H,9-50H2,1-8H3,(H,67,68)(H,69,70)/t54?,55-,56+,57+/m0/s1. The average Bonchev–Trinajstić information content (AvgIpc) is 3.40. The summed E-state index contributed by atoms with van der Waals surface area (Å²) in [7, 11) is -9.88. The maximum atomic E-state index is 12.9. The van der Waals surface area contributed by atoms with E-state index in [-0.39, 0.29) is 25.7 Å². The highest BCUT2D eigenvalue weighted by Gasteiger charge is 2.30. The summed E-state index contributed by atoms with van der Waals surface area (Å²) < 4.78 is 67.8. The van der Waals surface area contributed by atoms with E-state index in [2.05, 4.69) is 55.4 Å². The van der Waals surface area contributed by atoms with Gasteiger partial charge in [-0.1, -0.05) is 235 Å². The Labute approximate surface area is 486 Å². The van der Waals surface area contributed by atoms with Crippen LogP contribution >= 0.6 is 15.6 Å². The van der Waals surface area contributed by atoms with Crippen molar-refractivity contribution in [3.63, 3.8) is 0 Å². The first-order valence-electron chi connectivity index (χ1n) is 31.7. The van der Waals surface area contributed by atoms with Gasteiger partial charge < -0.3 is 33.8 Å². The third kappa shape index (κ3) is 54.0. The fourth-order valence-corrected chi connectivity index (χ4v) is 10.4. The average molecular weight is 1190 g/mol. The zero-order chi connectivity index (χ0) is 59.7. The third-order valence-corrected chi connectivity index (χ3v) is 16.1. The minimum absolute atomic E-state index is 0.101. The van der Waals surface area contributed by atoms with Crippen molar-refractivity contribution in [1.82, 2.24) is 0 Å². The van der Waals surface area contributed by atoms with Crippen molar-refractivity contribution in [3.8, 4) is 0 Å². The Hall–Kier alpha value is -1.94. The van der Waals surface area contributed by atoms with Crippen molar-refractivity contribution in [2.24, 2.45) is 23.7 Å². The maximum absolute atomic E-state index is 12.9. The van der Waals surface area contributed by atoms with E-state index in [1.54, 1.807) is 0 Å². The van der Waals surface area contributed by atoms with Gasteiger partial charge in [0.05, 0.1) is 26.4 Å². The Morgan fingerprint density at radius 1 is 0.350 bits per heavy atom. The Morgan fingerprint density at radius 3 is 0.887 bits per heavy atom. The van der Waals surface area contributed by atoms with Gasteiger partial charge in [0.15, 0.2) is 12.2 Å². The molecule has 0 bridgehead atoms. The zero-order valence-electron chi connectivity index (χ0n) is 51.7. The molecule has 3 unspecified atom stereocenters. The largest absolute Gasteiger partial charge is 0.472 e. The SMILES string of the molecule is CCC(C)CCCCCCCCC(=O)O[C@H](COC(=O)CCCCCCCCC(C)C)COP(=O)(O)OC[C@@H](O)COP(=O)(O)OC[C@@H](COC(=O)CCCCCCCCC(C)C)OC(=O)CCCCCCCCCCCC(C)C. The molecule has 80 heavy (non-hydrogen) atoms. The number of rotatable bonds is 58. The lowest BCUT2D eigenvalue weighted by molar-refractivity contribution is -0.161. The Balaban J connectivity index is 5.25. The highest BCUT2D eigenvalue weighted by molar-refractivity contribution is 7.47. The molecule has 0 amide bonds. The molecule has 0 saturated carbocycles. The molecule has 3 N–H and O–H groups in total. The molecule has 474 valence electrons. The van der Waals surface area contributed by atoms with Crippen LogP contribution in [-0.4, -0.2) is 96.7 Å². The van der Waals surface area contributed by atoms with E-state index in [1.807, 2.05) is 0 Å². The van der Waals surface area contributed by atoms with Gasteiger partial charge in [-0.3, -0.25) is 37.3 Å². The number of carbonyl (C=O) groups is 4. The van der Waals surface area contributed by atoms with Crippen molar-refractivity contribution in [3.05, 3.63) is 0 Å². The molecule has 0 aliphatic heterocycles. The summed E-state index contributed by atoms with van der Waals surface area (Å²) in [6, 6.07) is 0. The summed E-state index contributed by atoms with van der Waals surface area (Å²) in [5, 5.41) is 10.5. The second kappa shape index (κ2) is 51.5. The summed E-state index contributed by atoms with van der Waals surface area (Å²) in [4.78, 5) is 72.0. The van der Waals surface area contributed by atoms with Crippen LogP contribution in [0, 0.1) is 23.7 Å². The van der Waals surface area contributed by atoms with Gasteiger partial charge in [-0.25, -0.2) is 9.13 Å². The topological polar surface area (TPSA) is 237 Å². The molecule has 0 radical (unpaired) electrons. The zero-order valence-corrected chi connectivity index (χ0v) is 53.5. The molecule has 0 aromatic rings. The number of unbranched alkanes of at least 4 members (excludes halogenated alkanes) is 23. The van der Waals surface area contributed by atoms with Crippen LogP contribution in [0.5, 0.6) is 0 Å². The van der Waals surface area contributed by atoms with Crippen LogP contribution in [0.2, 0.25) is 0 Å². The minimum Gasteiger partial charge on any atom is -0.462 e. The van der Waals surface area contributed by atoms with Crippen LogP contribution in [0.25, 0.3) is 0 Å². The number of phosphoric acid groups is 2. The second-order valence-corrected chi connectivity index (χ2v) is 26.7. The number of aliphatic hydroxyl groups is 1. The lowest BCUT2D eigenvalue weighted by Gasteiger charge is -2.21. The molecule has 0 fully saturated rings. The first-order chi connectivity index (χ1) is 38.1. The van der Waals surface area contributed by atoms with Crippen molar-refractivity contribution >= 4 is 39.5 Å². The van der Waals surface area contributed by atoms with Crippen LogP contribution in [-0.2, 0) is 65.4 Å². The van der Waals surface area contributed by atoms with E-state index in [1.165, 1.54) is 77.0 Å². The van der Waals surface area contributed by atoms with Crippen LogP contribution in [0.3, 0.4) is 0 Å². The Kier molecular flexibility index (Phi) is 50.2. The van der Waals surface area contributed by atoms with Gasteiger partial charge in [0.25, 0.3) is 0 Å². The number of phosphoric ester groups is 2. The van der Waals surface area contributed by atoms with Crippen LogP contribution < -0.4 is 0 Å². The summed E-state index contributed by atoms with van der Waals surface area (Å²) >= 11 is 0. The van der Waals surface area contributed by atoms with Crippen molar-refractivity contribution in [2.75, 3.05) is 39.6 Å². The minimum atomic E-state index is -4.94. The van der Waals surface area contributed by atoms with Crippen LogP contribution in [0.15, 0.2) is 0 Å². The first kappa shape index (κ1) is 78.1. The maximum Gasteiger partial charge on any atom is 0.472 e. The Morgan fingerprint density at radius 2 is 0.600 bits per heavy atom. The lowest BCUT2D eigenvalue weighted by atomic mass is 10.00. The fraction of sp³-hybridized carbons (Fsp3) is 0.934. The molecular weight excluding hydrogens is 1070 g/mol. The molecule has 6 atom stereocenters. The van der Waals surface area contributed by atoms with E-state index in [0.717, 1.165) is 115 Å². The molecule has 0 heterocycles. The summed E-state index contributed by atoms with van der Waals surface area (Å²) in [6.07, 6.45) is 29.7. The summed E-state index contributed by atoms with van der Waals surface area (Å²) in [5.41, 5.74) is 0. The number of carbonyl (C=O) groups excluding carboxylic acids is 4. The predicted octanol–water partition coefficient (Wildman–Crippen LogP) is 16.2. The van der Waals surface area contributed by atoms with Gasteiger partial charge in [0.2, 0.25) is 0 Å². The monoisotopic (exact) mass is 1180 g/mol. The third-order valence-electron chi connectivity index (χ3n) is 14.2. The summed E-state index contributed by atoms with van der Waals surface area (Å²) in [6.45, 7) is 13.8. The van der Waals surface area contributed by atoms with E-state index in [0.29, 0.717) is 37.5 Å². The molecule has 0 rings (SSSR count). The van der Waals surface area contributed by atoms with Gasteiger partial charge >= 0.3 is 39.5 Å². The number of esters is 4. The van der Waals surface area contributed by atoms with Gasteiger partial charge in [0.1, 0.15) is 19.3 Å². The number of aliphatic hydroxyl groups excluding tert-OH is 1. The number of hydrogen-bond donors (Lipinski definition) is 3. The van der Waals surface area contributed by atoms with Crippen LogP contribution in [0.1, 0.15) is 287 Å². The molecule has 0 aromatic heterocycles. The molecule has 0 spiro atoms. The smallest absolute Gasteiger partial charge is 0.462 e. The van der Waals surface area contributed by atoms with E-state index >= 15 is 0 Å². The van der Waals surface area contributed by atoms with Gasteiger partial charge in [-0.05, 0) is 49.4 Å². The molecule has 0 aliphatic rings. The van der Waals surface area contributed by atoms with Crippen molar-refractivity contribution in [2.45, 2.75) is 305 Å². The predicted molar refractivity (Wildman–Crippen MR) is 317 cm³/mol. The normalized spacial score (nSPS) is 14.9. The fourth-order valence-electron chi connectivity index (χ4n) is 8.87. The van der Waals surface area contributed by atoms with Gasteiger partial charge in [-0.15, -0.1) is 0 Å². The first-order valence-corrected chi connectivity index (χ1v) is 34.7. The lowest BCUT2D eigenvalue weighted by Crippen LogP contribution is -2.30. The summed E-state index contributed by atoms with van der Waals surface area (Å²) in [5.74, 6) is 0.667. The van der Waals surface area contributed by atoms with Gasteiger partial charge in [-0.2, -0.15) is 0 Å². The molecule has 17 nitrogen and oxygen atoms in total.